The molecule has 3 aromatic rings. The van der Waals surface area contributed by atoms with Crippen molar-refractivity contribution in [3.05, 3.63) is 71.9 Å². The molecule has 0 aliphatic rings. The Morgan fingerprint density at radius 1 is 0.837 bits per heavy atom. The van der Waals surface area contributed by atoms with Crippen molar-refractivity contribution in [2.45, 2.75) is 70.1 Å². The van der Waals surface area contributed by atoms with Crippen molar-refractivity contribution >= 4 is 40.6 Å². The van der Waals surface area contributed by atoms with Gasteiger partial charge in [-0.1, -0.05) is 68.8 Å². The molecule has 1 aromatic heterocycles. The molecule has 0 aliphatic heterocycles. The van der Waals surface area contributed by atoms with Gasteiger partial charge in [0, 0.05) is 29.9 Å². The second-order valence-electron chi connectivity index (χ2n) is 10.6. The molecule has 0 saturated heterocycles. The van der Waals surface area contributed by atoms with E-state index in [1.54, 1.807) is 50.4 Å². The number of aromatic amines is 1. The van der Waals surface area contributed by atoms with E-state index in [9.17, 15) is 34.2 Å². The number of aliphatic carboxylic acids is 2. The van der Waals surface area contributed by atoms with Crippen molar-refractivity contribution in [2.75, 3.05) is 0 Å². The van der Waals surface area contributed by atoms with Gasteiger partial charge in [0.25, 0.3) is 0 Å². The number of benzene rings is 2. The van der Waals surface area contributed by atoms with Gasteiger partial charge in [0.2, 0.25) is 17.7 Å². The maximum absolute atomic E-state index is 13.5. The first-order chi connectivity index (χ1) is 20.5. The summed E-state index contributed by atoms with van der Waals surface area (Å²) in [5.41, 5.74) is 8.57. The first kappa shape index (κ1) is 32.8. The summed E-state index contributed by atoms with van der Waals surface area (Å²) in [6.45, 7) is 3.50. The molecule has 43 heavy (non-hydrogen) atoms. The van der Waals surface area contributed by atoms with Crippen LogP contribution in [-0.2, 0) is 36.8 Å². The third-order valence-electron chi connectivity index (χ3n) is 7.42. The predicted octanol–water partition coefficient (Wildman–Crippen LogP) is 1.73. The molecule has 0 radical (unpaired) electrons. The van der Waals surface area contributed by atoms with Gasteiger partial charge in [0.15, 0.2) is 0 Å². The summed E-state index contributed by atoms with van der Waals surface area (Å²) < 4.78 is 0. The van der Waals surface area contributed by atoms with Crippen LogP contribution in [0.5, 0.6) is 0 Å². The second-order valence-corrected chi connectivity index (χ2v) is 10.6. The molecular formula is C31H39N5O7. The van der Waals surface area contributed by atoms with Gasteiger partial charge >= 0.3 is 11.9 Å². The van der Waals surface area contributed by atoms with Crippen LogP contribution in [0.25, 0.3) is 10.9 Å². The molecule has 0 spiro atoms. The summed E-state index contributed by atoms with van der Waals surface area (Å²) in [6, 6.07) is 11.6. The zero-order valence-electron chi connectivity index (χ0n) is 24.2. The SMILES string of the molecule is CCC(C)C(NC(=O)C(Cc1ccccc1)NC(=O)C(CCC(=O)O)NC(=O)C(N)Cc1c[nH]c2ccccc12)C(=O)O. The van der Waals surface area contributed by atoms with Crippen molar-refractivity contribution in [1.82, 2.24) is 20.9 Å². The number of carbonyl (C=O) groups excluding carboxylic acids is 3. The number of carboxylic acids is 2. The molecule has 12 nitrogen and oxygen atoms in total. The van der Waals surface area contributed by atoms with E-state index in [-0.39, 0.29) is 25.2 Å². The number of para-hydroxylation sites is 1. The number of fused-ring (bicyclic) bond motifs is 1. The van der Waals surface area contributed by atoms with Crippen LogP contribution in [0.15, 0.2) is 60.8 Å². The average molecular weight is 594 g/mol. The molecular weight excluding hydrogens is 554 g/mol. The van der Waals surface area contributed by atoms with Crippen LogP contribution in [0.2, 0.25) is 0 Å². The molecule has 3 rings (SSSR count). The number of nitrogens with two attached hydrogens (primary N) is 1. The Kier molecular flexibility index (Phi) is 11.8. The number of hydrogen-bond donors (Lipinski definition) is 7. The van der Waals surface area contributed by atoms with Crippen molar-refractivity contribution in [1.29, 1.82) is 0 Å². The lowest BCUT2D eigenvalue weighted by atomic mass is 9.98. The van der Waals surface area contributed by atoms with Gasteiger partial charge in [-0.05, 0) is 36.0 Å². The predicted molar refractivity (Wildman–Crippen MR) is 160 cm³/mol. The lowest BCUT2D eigenvalue weighted by molar-refractivity contribution is -0.143. The van der Waals surface area contributed by atoms with Crippen molar-refractivity contribution in [2.24, 2.45) is 11.7 Å². The highest BCUT2D eigenvalue weighted by Gasteiger charge is 2.32. The minimum absolute atomic E-state index is 0.0327. The fourth-order valence-corrected chi connectivity index (χ4v) is 4.71. The lowest BCUT2D eigenvalue weighted by Crippen LogP contribution is -2.58. The lowest BCUT2D eigenvalue weighted by Gasteiger charge is -2.26. The maximum atomic E-state index is 13.5. The molecule has 0 bridgehead atoms. The number of rotatable bonds is 16. The van der Waals surface area contributed by atoms with Gasteiger partial charge in [-0.2, -0.15) is 0 Å². The molecule has 0 fully saturated rings. The Labute approximate surface area is 249 Å². The van der Waals surface area contributed by atoms with E-state index in [2.05, 4.69) is 20.9 Å². The quantitative estimate of drug-likeness (QED) is 0.130. The molecule has 0 saturated carbocycles. The Bertz CT molecular complexity index is 1420. The molecule has 5 atom stereocenters. The van der Waals surface area contributed by atoms with Crippen LogP contribution in [0, 0.1) is 5.92 Å². The van der Waals surface area contributed by atoms with Crippen molar-refractivity contribution in [3.8, 4) is 0 Å². The number of H-pyrrole nitrogens is 1. The number of carboxylic acid groups (broad SMARTS) is 2. The van der Waals surface area contributed by atoms with Gasteiger partial charge in [-0.15, -0.1) is 0 Å². The monoisotopic (exact) mass is 593 g/mol. The van der Waals surface area contributed by atoms with E-state index >= 15 is 0 Å². The number of nitrogens with one attached hydrogen (secondary N) is 4. The van der Waals surface area contributed by atoms with E-state index in [0.29, 0.717) is 12.0 Å². The summed E-state index contributed by atoms with van der Waals surface area (Å²) in [6.07, 6.45) is 1.76. The van der Waals surface area contributed by atoms with E-state index in [1.165, 1.54) is 0 Å². The third kappa shape index (κ3) is 9.40. The Balaban J connectivity index is 1.78. The smallest absolute Gasteiger partial charge is 0.326 e. The highest BCUT2D eigenvalue weighted by molar-refractivity contribution is 5.94. The highest BCUT2D eigenvalue weighted by Crippen LogP contribution is 2.19. The Morgan fingerprint density at radius 3 is 2.12 bits per heavy atom. The van der Waals surface area contributed by atoms with Gasteiger partial charge < -0.3 is 36.9 Å². The van der Waals surface area contributed by atoms with E-state index in [4.69, 9.17) is 5.73 Å². The molecule has 1 heterocycles. The molecule has 0 aliphatic carbocycles. The van der Waals surface area contributed by atoms with Crippen LogP contribution < -0.4 is 21.7 Å². The molecule has 5 unspecified atom stereocenters. The molecule has 8 N–H and O–H groups in total. The van der Waals surface area contributed by atoms with Crippen LogP contribution in [0.1, 0.15) is 44.2 Å². The number of amides is 3. The summed E-state index contributed by atoms with van der Waals surface area (Å²) in [5.74, 6) is -4.93. The minimum Gasteiger partial charge on any atom is -0.481 e. The van der Waals surface area contributed by atoms with E-state index in [1.807, 2.05) is 24.3 Å². The largest absolute Gasteiger partial charge is 0.481 e. The third-order valence-corrected chi connectivity index (χ3v) is 7.42. The average Bonchev–Trinajstić information content (AvgIpc) is 3.39. The normalized spacial score (nSPS) is 14.6. The minimum atomic E-state index is -1.31. The molecule has 12 heteroatoms. The molecule has 3 amide bonds. The van der Waals surface area contributed by atoms with E-state index < -0.39 is 60.2 Å². The molecule has 2 aromatic carbocycles. The second kappa shape index (κ2) is 15.5. The number of aromatic nitrogens is 1. The zero-order chi connectivity index (χ0) is 31.5. The summed E-state index contributed by atoms with van der Waals surface area (Å²) in [7, 11) is 0. The summed E-state index contributed by atoms with van der Waals surface area (Å²) in [5, 5.41) is 27.5. The van der Waals surface area contributed by atoms with Crippen LogP contribution in [0.3, 0.4) is 0 Å². The van der Waals surface area contributed by atoms with Crippen LogP contribution >= 0.6 is 0 Å². The first-order valence-corrected chi connectivity index (χ1v) is 14.2. The highest BCUT2D eigenvalue weighted by atomic mass is 16.4. The van der Waals surface area contributed by atoms with Gasteiger partial charge in [0.1, 0.15) is 18.1 Å². The molecule has 230 valence electrons. The Hall–Kier alpha value is -4.71. The number of hydrogen-bond acceptors (Lipinski definition) is 6. The fourth-order valence-electron chi connectivity index (χ4n) is 4.71. The van der Waals surface area contributed by atoms with Crippen molar-refractivity contribution in [3.63, 3.8) is 0 Å². The van der Waals surface area contributed by atoms with Crippen LogP contribution in [0.4, 0.5) is 0 Å². The van der Waals surface area contributed by atoms with Gasteiger partial charge in [-0.25, -0.2) is 4.79 Å². The Morgan fingerprint density at radius 2 is 1.47 bits per heavy atom. The standard InChI is InChI=1S/C31H39N5O7/c1-3-18(2)27(31(42)43)36-30(41)25(15-19-9-5-4-6-10-19)35-29(40)24(13-14-26(37)38)34-28(39)22(32)16-20-17-33-23-12-8-7-11-21(20)23/h4-12,17-18,22,24-25,27,33H,3,13-16,32H2,1-2H3,(H,34,39)(H,35,40)(H,36,41)(H,37,38)(H,42,43). The van der Waals surface area contributed by atoms with Crippen molar-refractivity contribution < 1.29 is 34.2 Å². The maximum Gasteiger partial charge on any atom is 0.326 e. The summed E-state index contributed by atoms with van der Waals surface area (Å²) >= 11 is 0. The van der Waals surface area contributed by atoms with Gasteiger partial charge in [-0.3, -0.25) is 19.2 Å². The number of carbonyl (C=O) groups is 5. The zero-order valence-corrected chi connectivity index (χ0v) is 24.2. The van der Waals surface area contributed by atoms with E-state index in [0.717, 1.165) is 16.5 Å². The summed E-state index contributed by atoms with van der Waals surface area (Å²) in [4.78, 5) is 66.2. The topological polar surface area (TPSA) is 204 Å². The first-order valence-electron chi connectivity index (χ1n) is 14.2. The van der Waals surface area contributed by atoms with Gasteiger partial charge in [0.05, 0.1) is 6.04 Å². The van der Waals surface area contributed by atoms with Crippen LogP contribution in [-0.4, -0.2) is 69.0 Å². The fraction of sp³-hybridized carbons (Fsp3) is 0.387.